The predicted octanol–water partition coefficient (Wildman–Crippen LogP) is 2.37. The lowest BCUT2D eigenvalue weighted by Gasteiger charge is -2.32. The van der Waals surface area contributed by atoms with Crippen LogP contribution < -0.4 is 0 Å². The first-order valence-electron chi connectivity index (χ1n) is 8.00. The van der Waals surface area contributed by atoms with Crippen molar-refractivity contribution in [1.82, 2.24) is 4.31 Å². The molecule has 1 aliphatic heterocycles. The van der Waals surface area contributed by atoms with Crippen molar-refractivity contribution >= 4 is 10.3 Å². The van der Waals surface area contributed by atoms with Crippen molar-refractivity contribution in [3.8, 4) is 0 Å². The summed E-state index contributed by atoms with van der Waals surface area (Å²) in [5.74, 6) is -0.721. The number of ether oxygens (including phenoxy) is 2. The maximum absolute atomic E-state index is 11.5. The van der Waals surface area contributed by atoms with Gasteiger partial charge >= 0.3 is 10.3 Å². The highest BCUT2D eigenvalue weighted by Gasteiger charge is 2.51. The summed E-state index contributed by atoms with van der Waals surface area (Å²) in [5, 5.41) is 0. The summed E-state index contributed by atoms with van der Waals surface area (Å²) in [5.41, 5.74) is 1.04. The molecule has 23 heavy (non-hydrogen) atoms. The molecule has 2 atom stereocenters. The smallest absolute Gasteiger partial charge is 0.337 e. The van der Waals surface area contributed by atoms with E-state index in [1.807, 2.05) is 30.3 Å². The van der Waals surface area contributed by atoms with E-state index in [-0.39, 0.29) is 0 Å². The molecule has 1 saturated carbocycles. The standard InChI is InChI=1S/C16H23NO5S/c1-17(23(18,19)20)15-14(12-13-8-4-2-5-9-13)21-16(22-15)10-6-3-7-11-16/h2,4-5,8-9,14-15H,3,6-7,10-12H2,1H3,(H,18,19,20). The molecule has 1 aromatic carbocycles. The molecule has 7 heteroatoms. The van der Waals surface area contributed by atoms with E-state index < -0.39 is 28.4 Å². The van der Waals surface area contributed by atoms with Gasteiger partial charge in [0, 0.05) is 26.3 Å². The van der Waals surface area contributed by atoms with E-state index in [1.54, 1.807) is 0 Å². The molecule has 0 radical (unpaired) electrons. The Kier molecular flexibility index (Phi) is 4.75. The molecule has 128 valence electrons. The Morgan fingerprint density at radius 2 is 1.83 bits per heavy atom. The normalized spacial score (nSPS) is 27.6. The fraction of sp³-hybridized carbons (Fsp3) is 0.625. The highest BCUT2D eigenvalue weighted by Crippen LogP contribution is 2.42. The number of hydrogen-bond acceptors (Lipinski definition) is 4. The third-order valence-corrected chi connectivity index (χ3v) is 5.57. The van der Waals surface area contributed by atoms with E-state index in [9.17, 15) is 13.0 Å². The number of nitrogens with zero attached hydrogens (tertiary/aromatic N) is 1. The largest absolute Gasteiger partial charge is 0.342 e. The Hall–Kier alpha value is -0.990. The van der Waals surface area contributed by atoms with Crippen LogP contribution in [-0.2, 0) is 26.2 Å². The van der Waals surface area contributed by atoms with E-state index in [2.05, 4.69) is 0 Å². The monoisotopic (exact) mass is 341 g/mol. The van der Waals surface area contributed by atoms with Crippen molar-refractivity contribution in [2.24, 2.45) is 0 Å². The Morgan fingerprint density at radius 3 is 2.43 bits per heavy atom. The van der Waals surface area contributed by atoms with E-state index in [4.69, 9.17) is 9.47 Å². The Morgan fingerprint density at radius 1 is 1.17 bits per heavy atom. The van der Waals surface area contributed by atoms with Gasteiger partial charge in [-0.1, -0.05) is 36.8 Å². The summed E-state index contributed by atoms with van der Waals surface area (Å²) >= 11 is 0. The lowest BCUT2D eigenvalue weighted by molar-refractivity contribution is -0.200. The van der Waals surface area contributed by atoms with Crippen molar-refractivity contribution in [3.63, 3.8) is 0 Å². The first-order chi connectivity index (χ1) is 10.9. The Balaban J connectivity index is 1.83. The average Bonchev–Trinajstić information content (AvgIpc) is 2.85. The van der Waals surface area contributed by atoms with Crippen molar-refractivity contribution in [2.75, 3.05) is 7.05 Å². The van der Waals surface area contributed by atoms with Gasteiger partial charge in [0.1, 0.15) is 6.10 Å². The third-order valence-electron chi connectivity index (χ3n) is 4.64. The quantitative estimate of drug-likeness (QED) is 0.851. The van der Waals surface area contributed by atoms with Gasteiger partial charge in [-0.2, -0.15) is 12.7 Å². The summed E-state index contributed by atoms with van der Waals surface area (Å²) in [6.07, 6.45) is 3.93. The summed E-state index contributed by atoms with van der Waals surface area (Å²) < 4.78 is 45.5. The van der Waals surface area contributed by atoms with Gasteiger partial charge < -0.3 is 9.47 Å². The maximum Gasteiger partial charge on any atom is 0.337 e. The van der Waals surface area contributed by atoms with Crippen LogP contribution in [-0.4, -0.2) is 42.4 Å². The summed E-state index contributed by atoms with van der Waals surface area (Å²) in [7, 11) is -3.02. The van der Waals surface area contributed by atoms with Crippen LogP contribution in [0, 0.1) is 0 Å². The minimum Gasteiger partial charge on any atom is -0.342 e. The zero-order valence-corrected chi connectivity index (χ0v) is 14.0. The molecule has 0 bridgehead atoms. The molecule has 0 aromatic heterocycles. The predicted molar refractivity (Wildman–Crippen MR) is 85.0 cm³/mol. The highest BCUT2D eigenvalue weighted by molar-refractivity contribution is 7.83. The van der Waals surface area contributed by atoms with Gasteiger partial charge in [0.2, 0.25) is 0 Å². The third kappa shape index (κ3) is 3.75. The topological polar surface area (TPSA) is 76.1 Å². The molecule has 1 aromatic rings. The SMILES string of the molecule is CN(C1OC2(CCCCC2)OC1Cc1ccccc1)S(=O)(=O)O. The van der Waals surface area contributed by atoms with E-state index in [0.29, 0.717) is 6.42 Å². The Bertz CT molecular complexity index is 627. The van der Waals surface area contributed by atoms with Crippen molar-refractivity contribution < 1.29 is 22.4 Å². The molecule has 2 aliphatic rings. The first kappa shape index (κ1) is 16.9. The molecule has 1 saturated heterocycles. The molecule has 0 amide bonds. The van der Waals surface area contributed by atoms with Crippen LogP contribution in [0.2, 0.25) is 0 Å². The molecular weight excluding hydrogens is 318 g/mol. The lowest BCUT2D eigenvalue weighted by atomic mass is 9.94. The van der Waals surface area contributed by atoms with Crippen molar-refractivity contribution in [1.29, 1.82) is 0 Å². The number of benzene rings is 1. The zero-order chi connectivity index (χ0) is 16.5. The molecule has 1 N–H and O–H groups in total. The molecular formula is C16H23NO5S. The average molecular weight is 341 g/mol. The molecule has 1 spiro atoms. The molecule has 6 nitrogen and oxygen atoms in total. The molecule has 1 aliphatic carbocycles. The number of rotatable bonds is 4. The van der Waals surface area contributed by atoms with Gasteiger partial charge in [0.05, 0.1) is 0 Å². The second-order valence-electron chi connectivity index (χ2n) is 6.32. The summed E-state index contributed by atoms with van der Waals surface area (Å²) in [6, 6.07) is 9.74. The number of hydrogen-bond donors (Lipinski definition) is 1. The second-order valence-corrected chi connectivity index (χ2v) is 7.79. The van der Waals surface area contributed by atoms with Gasteiger partial charge in [-0.15, -0.1) is 0 Å². The Labute approximate surface area is 137 Å². The van der Waals surface area contributed by atoms with E-state index in [1.165, 1.54) is 7.05 Å². The molecule has 3 rings (SSSR count). The first-order valence-corrected chi connectivity index (χ1v) is 9.39. The molecule has 2 fully saturated rings. The lowest BCUT2D eigenvalue weighted by Crippen LogP contribution is -2.44. The van der Waals surface area contributed by atoms with E-state index >= 15 is 0 Å². The number of likely N-dealkylation sites (N-methyl/N-ethyl adjacent to an activating group) is 1. The van der Waals surface area contributed by atoms with Crippen LogP contribution >= 0.6 is 0 Å². The van der Waals surface area contributed by atoms with Crippen LogP contribution in [0.5, 0.6) is 0 Å². The summed E-state index contributed by atoms with van der Waals surface area (Å²) in [6.45, 7) is 0. The summed E-state index contributed by atoms with van der Waals surface area (Å²) in [4.78, 5) is 0. The van der Waals surface area contributed by atoms with Gasteiger partial charge in [-0.25, -0.2) is 0 Å². The van der Waals surface area contributed by atoms with Crippen LogP contribution in [0.4, 0.5) is 0 Å². The van der Waals surface area contributed by atoms with Gasteiger partial charge in [0.25, 0.3) is 0 Å². The van der Waals surface area contributed by atoms with Crippen molar-refractivity contribution in [2.45, 2.75) is 56.6 Å². The van der Waals surface area contributed by atoms with Crippen LogP contribution in [0.3, 0.4) is 0 Å². The van der Waals surface area contributed by atoms with Crippen LogP contribution in [0.1, 0.15) is 37.7 Å². The molecule has 2 unspecified atom stereocenters. The van der Waals surface area contributed by atoms with Crippen LogP contribution in [0.15, 0.2) is 30.3 Å². The van der Waals surface area contributed by atoms with Crippen LogP contribution in [0.25, 0.3) is 0 Å². The second kappa shape index (κ2) is 6.49. The van der Waals surface area contributed by atoms with Gasteiger partial charge in [0.15, 0.2) is 12.0 Å². The van der Waals surface area contributed by atoms with Gasteiger partial charge in [-0.3, -0.25) is 4.55 Å². The minimum atomic E-state index is -4.34. The molecule has 1 heterocycles. The zero-order valence-electron chi connectivity index (χ0n) is 13.2. The van der Waals surface area contributed by atoms with Crippen molar-refractivity contribution in [3.05, 3.63) is 35.9 Å². The van der Waals surface area contributed by atoms with Gasteiger partial charge in [-0.05, 0) is 18.4 Å². The maximum atomic E-state index is 11.5. The highest BCUT2D eigenvalue weighted by atomic mass is 32.2. The fourth-order valence-corrected chi connectivity index (χ4v) is 3.85. The fourth-order valence-electron chi connectivity index (χ4n) is 3.41. The van der Waals surface area contributed by atoms with E-state index in [0.717, 1.165) is 42.0 Å². The minimum absolute atomic E-state index is 0.442.